The fourth-order valence-corrected chi connectivity index (χ4v) is 7.52. The van der Waals surface area contributed by atoms with Crippen molar-refractivity contribution >= 4 is 81.2 Å². The number of carbonyl (C=O) groups excluding carboxylic acids is 3. The molecule has 13 nitrogen and oxygen atoms in total. The molecule has 2 unspecified atom stereocenters. The normalized spacial score (nSPS) is 22.6. The Hall–Kier alpha value is -3.28. The van der Waals surface area contributed by atoms with E-state index >= 15 is 0 Å². The Kier molecular flexibility index (Phi) is 8.06. The van der Waals surface area contributed by atoms with Crippen molar-refractivity contribution in [1.29, 1.82) is 0 Å². The highest BCUT2D eigenvalue weighted by Gasteiger charge is 2.54. The summed E-state index contributed by atoms with van der Waals surface area (Å²) in [7, 11) is 0. The number of carbonyl (C=O) groups is 4. The number of thioether (sulfide) groups is 2. The maximum Gasteiger partial charge on any atom is 0.352 e. The molecule has 4 heterocycles. The minimum atomic E-state index is -1.21. The fourth-order valence-electron chi connectivity index (χ4n) is 3.90. The average Bonchev–Trinajstić information content (AvgIpc) is 3.69. The highest BCUT2D eigenvalue weighted by Crippen LogP contribution is 2.41. The number of β-lactam (4-membered cyclic amide) rings is 1. The SMILES string of the molecule is O=CNc1nc(C(=NOC2C=CCC2)C(=O)NC2C(=O)N3C(C(=O)O)=C(CSc4nncs4)CS[C@@H]23)cs1. The summed E-state index contributed by atoms with van der Waals surface area (Å²) in [4.78, 5) is 60.1. The number of aliphatic carboxylic acids is 1. The summed E-state index contributed by atoms with van der Waals surface area (Å²) < 4.78 is 0.699. The monoisotopic (exact) mass is 593 g/mol. The number of anilines is 1. The molecular weight excluding hydrogens is 575 g/mol. The van der Waals surface area contributed by atoms with Crippen LogP contribution in [0.15, 0.2) is 43.8 Å². The number of hydrogen-bond acceptors (Lipinski definition) is 13. The van der Waals surface area contributed by atoms with Crippen LogP contribution in [0.5, 0.6) is 0 Å². The Labute approximate surface area is 231 Å². The van der Waals surface area contributed by atoms with Gasteiger partial charge in [-0.25, -0.2) is 9.78 Å². The molecule has 3 aliphatic rings. The summed E-state index contributed by atoms with van der Waals surface area (Å²) in [6, 6.07) is -0.956. The summed E-state index contributed by atoms with van der Waals surface area (Å²) in [5, 5.41) is 27.9. The van der Waals surface area contributed by atoms with Gasteiger partial charge < -0.3 is 20.6 Å². The van der Waals surface area contributed by atoms with Crippen LogP contribution in [0.3, 0.4) is 0 Å². The van der Waals surface area contributed by atoms with Gasteiger partial charge in [0, 0.05) is 16.9 Å². The summed E-state index contributed by atoms with van der Waals surface area (Å²) in [6.07, 6.45) is 5.51. The van der Waals surface area contributed by atoms with E-state index in [1.807, 2.05) is 12.2 Å². The van der Waals surface area contributed by atoms with Crippen molar-refractivity contribution in [2.24, 2.45) is 5.16 Å². The van der Waals surface area contributed by atoms with Gasteiger partial charge in [0.1, 0.15) is 34.4 Å². The number of oxime groups is 1. The standard InChI is InChI=1S/C21H19N7O6S4/c29-8-22-20-24-12(7-36-20)13(27-34-11-3-1-2-4-11)16(30)25-14-17(31)28-15(19(32)33)10(5-35-18(14)28)6-37-21-26-23-9-38-21/h1,3,7-9,11,14,18H,2,4-6H2,(H,25,30)(H,32,33)(H,22,24,29)/t11?,14?,18-/m0/s1. The lowest BCUT2D eigenvalue weighted by molar-refractivity contribution is -0.150. The predicted octanol–water partition coefficient (Wildman–Crippen LogP) is 1.53. The van der Waals surface area contributed by atoms with Crippen LogP contribution in [0.25, 0.3) is 0 Å². The lowest BCUT2D eigenvalue weighted by Gasteiger charge is -2.49. The maximum atomic E-state index is 13.3. The molecule has 2 aromatic heterocycles. The minimum Gasteiger partial charge on any atom is -0.477 e. The van der Waals surface area contributed by atoms with Crippen LogP contribution < -0.4 is 10.6 Å². The van der Waals surface area contributed by atoms with Gasteiger partial charge in [0.05, 0.1) is 0 Å². The molecule has 0 aromatic carbocycles. The van der Waals surface area contributed by atoms with E-state index in [-0.39, 0.29) is 28.3 Å². The Bertz CT molecular complexity index is 1340. The summed E-state index contributed by atoms with van der Waals surface area (Å²) in [5.41, 5.74) is 2.12. The van der Waals surface area contributed by atoms with Crippen LogP contribution >= 0.6 is 46.2 Å². The Morgan fingerprint density at radius 1 is 1.37 bits per heavy atom. The second-order valence-electron chi connectivity index (χ2n) is 8.00. The van der Waals surface area contributed by atoms with Gasteiger partial charge in [0.2, 0.25) is 6.41 Å². The Balaban J connectivity index is 1.31. The van der Waals surface area contributed by atoms with E-state index in [9.17, 15) is 24.3 Å². The van der Waals surface area contributed by atoms with E-state index in [0.717, 1.165) is 17.8 Å². The maximum absolute atomic E-state index is 13.3. The number of rotatable bonds is 11. The number of hydrogen-bond donors (Lipinski definition) is 3. The topological polar surface area (TPSA) is 176 Å². The van der Waals surface area contributed by atoms with Crippen LogP contribution in [0.4, 0.5) is 5.13 Å². The number of aromatic nitrogens is 3. The van der Waals surface area contributed by atoms with Crippen molar-refractivity contribution in [3.8, 4) is 0 Å². The number of allylic oxidation sites excluding steroid dienone is 1. The molecule has 38 heavy (non-hydrogen) atoms. The zero-order chi connectivity index (χ0) is 26.6. The van der Waals surface area contributed by atoms with Gasteiger partial charge in [0.15, 0.2) is 15.2 Å². The van der Waals surface area contributed by atoms with E-state index in [1.165, 1.54) is 45.1 Å². The predicted molar refractivity (Wildman–Crippen MR) is 142 cm³/mol. The van der Waals surface area contributed by atoms with Crippen molar-refractivity contribution in [3.63, 3.8) is 0 Å². The molecule has 17 heteroatoms. The Morgan fingerprint density at radius 2 is 2.24 bits per heavy atom. The molecule has 3 atom stereocenters. The third-order valence-electron chi connectivity index (χ3n) is 5.64. The molecule has 0 radical (unpaired) electrons. The lowest BCUT2D eigenvalue weighted by atomic mass is 10.0. The zero-order valence-electron chi connectivity index (χ0n) is 19.3. The second-order valence-corrected chi connectivity index (χ2v) is 12.0. The quantitative estimate of drug-likeness (QED) is 0.0860. The number of carboxylic acid groups (broad SMARTS) is 1. The number of nitrogens with one attached hydrogen (secondary N) is 2. The average molecular weight is 594 g/mol. The number of fused-ring (bicyclic) bond motifs is 1. The van der Waals surface area contributed by atoms with E-state index in [4.69, 9.17) is 4.84 Å². The van der Waals surface area contributed by atoms with E-state index in [1.54, 1.807) is 5.51 Å². The largest absolute Gasteiger partial charge is 0.477 e. The van der Waals surface area contributed by atoms with Crippen LogP contribution in [0.2, 0.25) is 0 Å². The Morgan fingerprint density at radius 3 is 2.95 bits per heavy atom. The van der Waals surface area contributed by atoms with Gasteiger partial charge in [0.25, 0.3) is 11.8 Å². The molecular formula is C21H19N7O6S4. The summed E-state index contributed by atoms with van der Waals surface area (Å²) >= 11 is 5.16. The lowest BCUT2D eigenvalue weighted by Crippen LogP contribution is -2.71. The molecule has 5 rings (SSSR count). The van der Waals surface area contributed by atoms with Gasteiger partial charge in [-0.3, -0.25) is 19.3 Å². The van der Waals surface area contributed by atoms with Gasteiger partial charge in [-0.1, -0.05) is 34.3 Å². The van der Waals surface area contributed by atoms with Gasteiger partial charge >= 0.3 is 5.97 Å². The van der Waals surface area contributed by atoms with Crippen molar-refractivity contribution in [2.45, 2.75) is 34.7 Å². The van der Waals surface area contributed by atoms with Crippen LogP contribution in [0, 0.1) is 0 Å². The zero-order valence-corrected chi connectivity index (χ0v) is 22.6. The highest BCUT2D eigenvalue weighted by molar-refractivity contribution is 8.01. The van der Waals surface area contributed by atoms with Crippen molar-refractivity contribution in [3.05, 3.63) is 40.0 Å². The first-order chi connectivity index (χ1) is 18.5. The summed E-state index contributed by atoms with van der Waals surface area (Å²) in [5.74, 6) is -1.72. The molecule has 0 spiro atoms. The van der Waals surface area contributed by atoms with Crippen molar-refractivity contribution in [2.75, 3.05) is 16.8 Å². The highest BCUT2D eigenvalue weighted by atomic mass is 32.2. The van der Waals surface area contributed by atoms with Crippen LogP contribution in [-0.2, 0) is 24.0 Å². The van der Waals surface area contributed by atoms with Crippen LogP contribution in [-0.4, -0.2) is 84.1 Å². The van der Waals surface area contributed by atoms with E-state index in [2.05, 4.69) is 31.0 Å². The first kappa shape index (κ1) is 26.3. The molecule has 0 bridgehead atoms. The van der Waals surface area contributed by atoms with Gasteiger partial charge in [-0.15, -0.1) is 33.3 Å². The molecule has 2 aromatic rings. The molecule has 2 aliphatic heterocycles. The summed E-state index contributed by atoms with van der Waals surface area (Å²) in [6.45, 7) is 0. The second kappa shape index (κ2) is 11.6. The van der Waals surface area contributed by atoms with E-state index in [0.29, 0.717) is 34.2 Å². The first-order valence-electron chi connectivity index (χ1n) is 11.1. The minimum absolute atomic E-state index is 0.0735. The first-order valence-corrected chi connectivity index (χ1v) is 14.9. The molecule has 198 valence electrons. The molecule has 1 saturated heterocycles. The molecule has 3 amide bonds. The molecule has 1 aliphatic carbocycles. The van der Waals surface area contributed by atoms with Crippen LogP contribution in [0.1, 0.15) is 18.5 Å². The van der Waals surface area contributed by atoms with E-state index < -0.39 is 29.2 Å². The van der Waals surface area contributed by atoms with Gasteiger partial charge in [-0.05, 0) is 24.5 Å². The number of nitrogens with zero attached hydrogens (tertiary/aromatic N) is 5. The third-order valence-corrected chi connectivity index (χ3v) is 9.70. The number of thiazole rings is 1. The smallest absolute Gasteiger partial charge is 0.352 e. The van der Waals surface area contributed by atoms with Crippen molar-refractivity contribution < 1.29 is 29.1 Å². The fraction of sp³-hybridized carbons (Fsp3) is 0.333. The molecule has 1 fully saturated rings. The number of carboxylic acids is 1. The molecule has 3 N–H and O–H groups in total. The van der Waals surface area contributed by atoms with Crippen molar-refractivity contribution in [1.82, 2.24) is 25.4 Å². The third kappa shape index (κ3) is 5.45. The molecule has 0 saturated carbocycles. The van der Waals surface area contributed by atoms with Gasteiger partial charge in [-0.2, -0.15) is 0 Å². The number of amides is 3.